The van der Waals surface area contributed by atoms with Crippen molar-refractivity contribution in [2.75, 3.05) is 5.88 Å². The van der Waals surface area contributed by atoms with E-state index in [9.17, 15) is 4.79 Å². The van der Waals surface area contributed by atoms with E-state index in [0.717, 1.165) is 12.0 Å². The van der Waals surface area contributed by atoms with Gasteiger partial charge in [-0.15, -0.1) is 11.6 Å². The monoisotopic (exact) mass is 144 g/mol. The van der Waals surface area contributed by atoms with E-state index in [1.54, 1.807) is 0 Å². The second-order valence-electron chi connectivity index (χ2n) is 2.32. The van der Waals surface area contributed by atoms with E-state index in [2.05, 4.69) is 0 Å². The summed E-state index contributed by atoms with van der Waals surface area (Å²) in [6.45, 7) is 1.97. The maximum atomic E-state index is 10.9. The lowest BCUT2D eigenvalue weighted by Crippen LogP contribution is -1.96. The summed E-state index contributed by atoms with van der Waals surface area (Å²) in [5, 5.41) is 0. The highest BCUT2D eigenvalue weighted by atomic mass is 35.5. The van der Waals surface area contributed by atoms with E-state index < -0.39 is 0 Å². The van der Waals surface area contributed by atoms with Gasteiger partial charge in [-0.25, -0.2) is 0 Å². The molecule has 0 unspecified atom stereocenters. The average Bonchev–Trinajstić information content (AvgIpc) is 2.12. The lowest BCUT2D eigenvalue weighted by molar-refractivity contribution is -0.114. The van der Waals surface area contributed by atoms with Gasteiger partial charge in [-0.05, 0) is 13.3 Å². The van der Waals surface area contributed by atoms with Crippen LogP contribution in [0.1, 0.15) is 19.8 Å². The summed E-state index contributed by atoms with van der Waals surface area (Å²) in [6.07, 6.45) is 1.59. The van der Waals surface area contributed by atoms with Crippen LogP contribution in [0, 0.1) is 0 Å². The van der Waals surface area contributed by atoms with Crippen molar-refractivity contribution in [3.05, 3.63) is 11.1 Å². The minimum Gasteiger partial charge on any atom is -0.294 e. The van der Waals surface area contributed by atoms with Gasteiger partial charge in [0.25, 0.3) is 0 Å². The van der Waals surface area contributed by atoms with Gasteiger partial charge in [0.2, 0.25) is 0 Å². The van der Waals surface area contributed by atoms with Gasteiger partial charge in [0.05, 0.1) is 5.88 Å². The van der Waals surface area contributed by atoms with Gasteiger partial charge in [-0.1, -0.05) is 5.57 Å². The third-order valence-corrected chi connectivity index (χ3v) is 1.98. The Morgan fingerprint density at radius 1 is 1.56 bits per heavy atom. The summed E-state index contributed by atoms with van der Waals surface area (Å²) in [5.41, 5.74) is 2.02. The van der Waals surface area contributed by atoms with Crippen molar-refractivity contribution in [2.45, 2.75) is 19.8 Å². The minimum absolute atomic E-state index is 0.238. The lowest BCUT2D eigenvalue weighted by atomic mass is 10.2. The first-order valence-electron chi connectivity index (χ1n) is 3.03. The van der Waals surface area contributed by atoms with Crippen LogP contribution in [0.4, 0.5) is 0 Å². The van der Waals surface area contributed by atoms with Crippen molar-refractivity contribution in [3.8, 4) is 0 Å². The largest absolute Gasteiger partial charge is 0.294 e. The molecule has 0 saturated carbocycles. The molecular weight excluding hydrogens is 136 g/mol. The van der Waals surface area contributed by atoms with Crippen molar-refractivity contribution >= 4 is 17.4 Å². The Kier molecular flexibility index (Phi) is 1.91. The molecule has 0 aliphatic heterocycles. The van der Waals surface area contributed by atoms with Gasteiger partial charge in [0.1, 0.15) is 0 Å². The molecule has 1 rings (SSSR count). The van der Waals surface area contributed by atoms with Crippen molar-refractivity contribution in [1.82, 2.24) is 0 Å². The highest BCUT2D eigenvalue weighted by Crippen LogP contribution is 2.22. The van der Waals surface area contributed by atoms with Gasteiger partial charge >= 0.3 is 0 Å². The molecule has 1 aliphatic carbocycles. The van der Waals surface area contributed by atoms with Crippen molar-refractivity contribution in [1.29, 1.82) is 0 Å². The SMILES string of the molecule is CC1=C(CCl)C(=O)CC1. The molecule has 0 radical (unpaired) electrons. The molecule has 1 nitrogen and oxygen atoms in total. The smallest absolute Gasteiger partial charge is 0.160 e. The third kappa shape index (κ3) is 1.16. The lowest BCUT2D eigenvalue weighted by Gasteiger charge is -1.92. The summed E-state index contributed by atoms with van der Waals surface area (Å²) in [6, 6.07) is 0. The van der Waals surface area contributed by atoms with E-state index >= 15 is 0 Å². The van der Waals surface area contributed by atoms with Crippen LogP contribution in [-0.4, -0.2) is 11.7 Å². The third-order valence-electron chi connectivity index (χ3n) is 1.71. The fourth-order valence-electron chi connectivity index (χ4n) is 1.03. The number of hydrogen-bond donors (Lipinski definition) is 0. The summed E-state index contributed by atoms with van der Waals surface area (Å²) in [4.78, 5) is 10.9. The molecule has 0 spiro atoms. The Bertz CT molecular complexity index is 170. The van der Waals surface area contributed by atoms with E-state index in [1.807, 2.05) is 6.92 Å². The van der Waals surface area contributed by atoms with Gasteiger partial charge in [0, 0.05) is 12.0 Å². The molecule has 0 amide bonds. The number of hydrogen-bond acceptors (Lipinski definition) is 1. The van der Waals surface area contributed by atoms with Gasteiger partial charge in [-0.3, -0.25) is 4.79 Å². The molecule has 9 heavy (non-hydrogen) atoms. The minimum atomic E-state index is 0.238. The number of allylic oxidation sites excluding steroid dienone is 2. The van der Waals surface area contributed by atoms with Crippen molar-refractivity contribution in [2.24, 2.45) is 0 Å². The van der Waals surface area contributed by atoms with Crippen molar-refractivity contribution in [3.63, 3.8) is 0 Å². The van der Waals surface area contributed by atoms with E-state index in [1.165, 1.54) is 5.57 Å². The fourth-order valence-corrected chi connectivity index (χ4v) is 1.41. The maximum absolute atomic E-state index is 10.9. The highest BCUT2D eigenvalue weighted by Gasteiger charge is 2.18. The molecule has 0 saturated heterocycles. The number of alkyl halides is 1. The molecule has 0 fully saturated rings. The normalized spacial score (nSPS) is 19.6. The van der Waals surface area contributed by atoms with Crippen molar-refractivity contribution < 1.29 is 4.79 Å². The fraction of sp³-hybridized carbons (Fsp3) is 0.571. The number of rotatable bonds is 1. The first kappa shape index (κ1) is 6.81. The average molecular weight is 145 g/mol. The number of Topliss-reactive ketones (excluding diaryl/α,β-unsaturated/α-hetero) is 1. The van der Waals surface area contributed by atoms with E-state index in [-0.39, 0.29) is 5.78 Å². The van der Waals surface area contributed by atoms with Crippen LogP contribution >= 0.6 is 11.6 Å². The standard InChI is InChI=1S/C7H9ClO/c1-5-2-3-7(9)6(5)4-8/h2-4H2,1H3. The summed E-state index contributed by atoms with van der Waals surface area (Å²) in [5.74, 6) is 0.632. The second kappa shape index (κ2) is 2.53. The van der Waals surface area contributed by atoms with Crippen LogP contribution in [0.3, 0.4) is 0 Å². The van der Waals surface area contributed by atoms with Gasteiger partial charge in [0.15, 0.2) is 5.78 Å². The Balaban J connectivity index is 2.82. The molecule has 0 aromatic carbocycles. The van der Waals surface area contributed by atoms with Crippen LogP contribution in [0.5, 0.6) is 0 Å². The number of ketones is 1. The zero-order valence-corrected chi connectivity index (χ0v) is 6.16. The van der Waals surface area contributed by atoms with Crippen LogP contribution in [0.15, 0.2) is 11.1 Å². The summed E-state index contributed by atoms with van der Waals surface area (Å²) < 4.78 is 0. The molecule has 0 atom stereocenters. The first-order chi connectivity index (χ1) is 4.25. The Morgan fingerprint density at radius 2 is 2.22 bits per heavy atom. The number of carbonyl (C=O) groups is 1. The molecule has 0 N–H and O–H groups in total. The Labute approximate surface area is 59.7 Å². The molecule has 0 aromatic heterocycles. The van der Waals surface area contributed by atoms with Gasteiger partial charge in [-0.2, -0.15) is 0 Å². The zero-order valence-electron chi connectivity index (χ0n) is 5.41. The molecule has 2 heteroatoms. The zero-order chi connectivity index (χ0) is 6.85. The molecule has 0 aromatic rings. The summed E-state index contributed by atoms with van der Waals surface area (Å²) in [7, 11) is 0. The van der Waals surface area contributed by atoms with Crippen LogP contribution in [0.25, 0.3) is 0 Å². The first-order valence-corrected chi connectivity index (χ1v) is 3.57. The summed E-state index contributed by atoms with van der Waals surface area (Å²) >= 11 is 5.52. The molecule has 0 bridgehead atoms. The quantitative estimate of drug-likeness (QED) is 0.514. The predicted molar refractivity (Wildman–Crippen MR) is 37.7 cm³/mol. The number of halogens is 1. The molecule has 1 aliphatic rings. The van der Waals surface area contributed by atoms with Crippen LogP contribution in [-0.2, 0) is 4.79 Å². The van der Waals surface area contributed by atoms with Crippen LogP contribution < -0.4 is 0 Å². The predicted octanol–water partition coefficient (Wildman–Crippen LogP) is 1.90. The van der Waals surface area contributed by atoms with E-state index in [0.29, 0.717) is 12.3 Å². The molecule has 50 valence electrons. The number of carbonyl (C=O) groups excluding carboxylic acids is 1. The van der Waals surface area contributed by atoms with Gasteiger partial charge < -0.3 is 0 Å². The molecular formula is C7H9ClO. The van der Waals surface area contributed by atoms with E-state index in [4.69, 9.17) is 11.6 Å². The highest BCUT2D eigenvalue weighted by molar-refractivity contribution is 6.23. The second-order valence-corrected chi connectivity index (χ2v) is 2.58. The topological polar surface area (TPSA) is 17.1 Å². The Morgan fingerprint density at radius 3 is 2.44 bits per heavy atom. The Hall–Kier alpha value is -0.300. The molecule has 0 heterocycles. The van der Waals surface area contributed by atoms with Crippen LogP contribution in [0.2, 0.25) is 0 Å². The maximum Gasteiger partial charge on any atom is 0.160 e.